The number of aliphatic hydroxyl groups is 1. The highest BCUT2D eigenvalue weighted by Crippen LogP contribution is 2.39. The zero-order chi connectivity index (χ0) is 15.7. The van der Waals surface area contributed by atoms with Crippen LogP contribution in [0.15, 0.2) is 0 Å². The highest BCUT2D eigenvalue weighted by atomic mass is 16.3. The van der Waals surface area contributed by atoms with Crippen molar-refractivity contribution in [2.45, 2.75) is 59.8 Å². The van der Waals surface area contributed by atoms with Crippen LogP contribution in [-0.4, -0.2) is 60.8 Å². The molecule has 1 rings (SSSR count). The highest BCUT2D eigenvalue weighted by molar-refractivity contribution is 4.87. The van der Waals surface area contributed by atoms with Gasteiger partial charge in [-0.1, -0.05) is 40.5 Å². The molecule has 0 spiro atoms. The zero-order valence-corrected chi connectivity index (χ0v) is 14.9. The Hall–Kier alpha value is -0.120. The van der Waals surface area contributed by atoms with E-state index in [0.29, 0.717) is 6.61 Å². The summed E-state index contributed by atoms with van der Waals surface area (Å²) < 4.78 is 0. The minimum Gasteiger partial charge on any atom is -0.396 e. The SMILES string of the molecule is CCN(CC)CCCN(CC)CC1(CO)CCCC(C)C1. The van der Waals surface area contributed by atoms with Crippen molar-refractivity contribution in [3.63, 3.8) is 0 Å². The first kappa shape index (κ1) is 18.9. The normalized spacial score (nSPS) is 26.7. The van der Waals surface area contributed by atoms with Gasteiger partial charge in [0.05, 0.1) is 0 Å². The second kappa shape index (κ2) is 9.81. The third-order valence-corrected chi connectivity index (χ3v) is 5.37. The molecule has 2 atom stereocenters. The molecule has 0 radical (unpaired) electrons. The second-order valence-corrected chi connectivity index (χ2v) is 7.11. The number of hydrogen-bond acceptors (Lipinski definition) is 3. The third-order valence-electron chi connectivity index (χ3n) is 5.37. The van der Waals surface area contributed by atoms with Gasteiger partial charge in [-0.2, -0.15) is 0 Å². The number of hydrogen-bond donors (Lipinski definition) is 1. The van der Waals surface area contributed by atoms with E-state index in [1.807, 2.05) is 0 Å². The van der Waals surface area contributed by atoms with Crippen LogP contribution < -0.4 is 0 Å². The lowest BCUT2D eigenvalue weighted by Crippen LogP contribution is -2.43. The first-order valence-electron chi connectivity index (χ1n) is 9.14. The van der Waals surface area contributed by atoms with Crippen molar-refractivity contribution < 1.29 is 5.11 Å². The fraction of sp³-hybridized carbons (Fsp3) is 1.00. The summed E-state index contributed by atoms with van der Waals surface area (Å²) in [6.45, 7) is 16.3. The molecule has 0 aromatic carbocycles. The molecule has 1 aliphatic carbocycles. The zero-order valence-electron chi connectivity index (χ0n) is 14.9. The quantitative estimate of drug-likeness (QED) is 0.671. The Kier molecular flexibility index (Phi) is 8.84. The minimum atomic E-state index is 0.170. The summed E-state index contributed by atoms with van der Waals surface area (Å²) in [6.07, 6.45) is 6.29. The van der Waals surface area contributed by atoms with E-state index >= 15 is 0 Å². The molecule has 3 nitrogen and oxygen atoms in total. The van der Waals surface area contributed by atoms with Gasteiger partial charge in [-0.3, -0.25) is 0 Å². The van der Waals surface area contributed by atoms with E-state index in [-0.39, 0.29) is 5.41 Å². The molecule has 3 heteroatoms. The van der Waals surface area contributed by atoms with Gasteiger partial charge >= 0.3 is 0 Å². The van der Waals surface area contributed by atoms with E-state index in [1.165, 1.54) is 45.2 Å². The van der Waals surface area contributed by atoms with Crippen molar-refractivity contribution in [3.05, 3.63) is 0 Å². The maximum Gasteiger partial charge on any atom is 0.0499 e. The molecule has 0 aromatic rings. The predicted molar refractivity (Wildman–Crippen MR) is 91.7 cm³/mol. The fourth-order valence-electron chi connectivity index (χ4n) is 3.99. The molecule has 0 aromatic heterocycles. The van der Waals surface area contributed by atoms with Crippen LogP contribution in [-0.2, 0) is 0 Å². The van der Waals surface area contributed by atoms with Crippen molar-refractivity contribution in [1.29, 1.82) is 0 Å². The summed E-state index contributed by atoms with van der Waals surface area (Å²) in [6, 6.07) is 0. The summed E-state index contributed by atoms with van der Waals surface area (Å²) in [5.41, 5.74) is 0.170. The van der Waals surface area contributed by atoms with E-state index in [9.17, 15) is 5.11 Å². The largest absolute Gasteiger partial charge is 0.396 e. The Morgan fingerprint density at radius 1 is 1.05 bits per heavy atom. The van der Waals surface area contributed by atoms with Gasteiger partial charge in [0.1, 0.15) is 0 Å². The van der Waals surface area contributed by atoms with Gasteiger partial charge in [-0.05, 0) is 57.9 Å². The molecule has 1 aliphatic rings. The average Bonchev–Trinajstić information content (AvgIpc) is 2.50. The topological polar surface area (TPSA) is 26.7 Å². The number of aliphatic hydroxyl groups excluding tert-OH is 1. The minimum absolute atomic E-state index is 0.170. The van der Waals surface area contributed by atoms with Crippen molar-refractivity contribution in [3.8, 4) is 0 Å². The Morgan fingerprint density at radius 3 is 2.19 bits per heavy atom. The summed E-state index contributed by atoms with van der Waals surface area (Å²) >= 11 is 0. The Balaban J connectivity index is 2.44. The molecule has 0 amide bonds. The maximum absolute atomic E-state index is 9.96. The molecule has 1 fully saturated rings. The van der Waals surface area contributed by atoms with Crippen LogP contribution in [0.1, 0.15) is 59.8 Å². The molecule has 0 aliphatic heterocycles. The Morgan fingerprint density at radius 2 is 1.67 bits per heavy atom. The van der Waals surface area contributed by atoms with Crippen LogP contribution in [0.25, 0.3) is 0 Å². The predicted octanol–water partition coefficient (Wildman–Crippen LogP) is 3.23. The number of nitrogens with zero attached hydrogens (tertiary/aromatic N) is 2. The van der Waals surface area contributed by atoms with E-state index in [4.69, 9.17) is 0 Å². The summed E-state index contributed by atoms with van der Waals surface area (Å²) in [5.74, 6) is 0.778. The van der Waals surface area contributed by atoms with E-state index in [1.54, 1.807) is 0 Å². The van der Waals surface area contributed by atoms with E-state index < -0.39 is 0 Å². The molecule has 0 saturated heterocycles. The molecule has 126 valence electrons. The van der Waals surface area contributed by atoms with Crippen molar-refractivity contribution >= 4 is 0 Å². The third kappa shape index (κ3) is 6.25. The maximum atomic E-state index is 9.96. The van der Waals surface area contributed by atoms with Gasteiger partial charge < -0.3 is 14.9 Å². The van der Waals surface area contributed by atoms with Crippen LogP contribution in [0.4, 0.5) is 0 Å². The number of rotatable bonds is 10. The lowest BCUT2D eigenvalue weighted by Gasteiger charge is -2.42. The van der Waals surface area contributed by atoms with Crippen molar-refractivity contribution in [1.82, 2.24) is 9.80 Å². The van der Waals surface area contributed by atoms with Gasteiger partial charge in [-0.15, -0.1) is 0 Å². The van der Waals surface area contributed by atoms with Crippen LogP contribution in [0.3, 0.4) is 0 Å². The first-order chi connectivity index (χ1) is 10.1. The van der Waals surface area contributed by atoms with Gasteiger partial charge in [0.2, 0.25) is 0 Å². The van der Waals surface area contributed by atoms with Gasteiger partial charge in [-0.25, -0.2) is 0 Å². The summed E-state index contributed by atoms with van der Waals surface area (Å²) in [5, 5.41) is 9.96. The monoisotopic (exact) mass is 298 g/mol. The fourth-order valence-corrected chi connectivity index (χ4v) is 3.99. The van der Waals surface area contributed by atoms with E-state index in [2.05, 4.69) is 37.5 Å². The van der Waals surface area contributed by atoms with Crippen LogP contribution in [0.5, 0.6) is 0 Å². The van der Waals surface area contributed by atoms with Crippen molar-refractivity contribution in [2.24, 2.45) is 11.3 Å². The standard InChI is InChI=1S/C18H38N2O/c1-5-19(6-2)12-9-13-20(7-3)15-18(16-21)11-8-10-17(4)14-18/h17,21H,5-16H2,1-4H3. The Bertz CT molecular complexity index is 268. The second-order valence-electron chi connectivity index (χ2n) is 7.11. The van der Waals surface area contributed by atoms with Gasteiger partial charge in [0.25, 0.3) is 0 Å². The van der Waals surface area contributed by atoms with Crippen LogP contribution in [0.2, 0.25) is 0 Å². The molecule has 21 heavy (non-hydrogen) atoms. The highest BCUT2D eigenvalue weighted by Gasteiger charge is 2.35. The molecule has 0 heterocycles. The Labute approximate surface area is 132 Å². The van der Waals surface area contributed by atoms with Crippen LogP contribution in [0, 0.1) is 11.3 Å². The van der Waals surface area contributed by atoms with Crippen LogP contribution >= 0.6 is 0 Å². The lowest BCUT2D eigenvalue weighted by molar-refractivity contribution is 0.0243. The molecular weight excluding hydrogens is 260 g/mol. The van der Waals surface area contributed by atoms with Gasteiger partial charge in [0.15, 0.2) is 0 Å². The average molecular weight is 299 g/mol. The molecule has 2 unspecified atom stereocenters. The molecule has 1 N–H and O–H groups in total. The molecule has 1 saturated carbocycles. The first-order valence-corrected chi connectivity index (χ1v) is 9.14. The van der Waals surface area contributed by atoms with E-state index in [0.717, 1.165) is 32.1 Å². The smallest absolute Gasteiger partial charge is 0.0499 e. The summed E-state index contributed by atoms with van der Waals surface area (Å²) in [7, 11) is 0. The molecular formula is C18H38N2O. The van der Waals surface area contributed by atoms with Gasteiger partial charge in [0, 0.05) is 18.6 Å². The lowest BCUT2D eigenvalue weighted by atomic mass is 9.70. The molecule has 0 bridgehead atoms. The van der Waals surface area contributed by atoms with Crippen molar-refractivity contribution in [2.75, 3.05) is 45.9 Å². The summed E-state index contributed by atoms with van der Waals surface area (Å²) in [4.78, 5) is 5.07.